The van der Waals surface area contributed by atoms with Gasteiger partial charge in [0, 0.05) is 10.9 Å². The molecule has 0 aromatic heterocycles. The molecule has 0 amide bonds. The van der Waals surface area contributed by atoms with Crippen LogP contribution in [0.15, 0.2) is 24.3 Å². The molecular weight excluding hydrogens is 202 g/mol. The third-order valence-corrected chi connectivity index (χ3v) is 2.58. The van der Waals surface area contributed by atoms with Crippen LogP contribution in [-0.2, 0) is 0 Å². The third kappa shape index (κ3) is 2.26. The molecule has 1 aromatic rings. The molecule has 0 spiro atoms. The van der Waals surface area contributed by atoms with Gasteiger partial charge in [-0.2, -0.15) is 0 Å². The zero-order chi connectivity index (χ0) is 8.27. The Bertz CT molecular complexity index is 235. The predicted molar refractivity (Wildman–Crippen MR) is 50.8 cm³/mol. The van der Waals surface area contributed by atoms with Crippen LogP contribution >= 0.6 is 34.8 Å². The van der Waals surface area contributed by atoms with E-state index in [-0.39, 0.29) is 5.38 Å². The van der Waals surface area contributed by atoms with Crippen molar-refractivity contribution in [3.63, 3.8) is 0 Å². The molecule has 0 saturated heterocycles. The first-order valence-corrected chi connectivity index (χ1v) is 4.55. The molecule has 0 N–H and O–H groups in total. The highest BCUT2D eigenvalue weighted by molar-refractivity contribution is 6.34. The Morgan fingerprint density at radius 1 is 1.27 bits per heavy atom. The molecular formula is C8H7Cl3. The van der Waals surface area contributed by atoms with Crippen molar-refractivity contribution < 1.29 is 0 Å². The van der Waals surface area contributed by atoms with Crippen LogP contribution in [0.3, 0.4) is 0 Å². The highest BCUT2D eigenvalue weighted by atomic mass is 35.5. The highest BCUT2D eigenvalue weighted by Gasteiger charge is 2.08. The third-order valence-electron chi connectivity index (χ3n) is 1.38. The molecule has 1 unspecified atom stereocenters. The van der Waals surface area contributed by atoms with Gasteiger partial charge in [0.05, 0.1) is 5.38 Å². The Labute approximate surface area is 81.1 Å². The molecule has 1 aromatic carbocycles. The van der Waals surface area contributed by atoms with Gasteiger partial charge in [0.2, 0.25) is 0 Å². The summed E-state index contributed by atoms with van der Waals surface area (Å²) in [5.74, 6) is 0.380. The summed E-state index contributed by atoms with van der Waals surface area (Å²) in [6.45, 7) is 0. The van der Waals surface area contributed by atoms with E-state index < -0.39 is 0 Å². The van der Waals surface area contributed by atoms with E-state index in [9.17, 15) is 0 Å². The minimum Gasteiger partial charge on any atom is -0.125 e. The highest BCUT2D eigenvalue weighted by Crippen LogP contribution is 2.27. The van der Waals surface area contributed by atoms with Gasteiger partial charge in [-0.1, -0.05) is 29.8 Å². The van der Waals surface area contributed by atoms with E-state index in [4.69, 9.17) is 34.8 Å². The van der Waals surface area contributed by atoms with Crippen molar-refractivity contribution >= 4 is 34.8 Å². The topological polar surface area (TPSA) is 0 Å². The number of hydrogen-bond acceptors (Lipinski definition) is 0. The van der Waals surface area contributed by atoms with Crippen LogP contribution < -0.4 is 0 Å². The zero-order valence-electron chi connectivity index (χ0n) is 5.73. The fourth-order valence-electron chi connectivity index (χ4n) is 0.812. The summed E-state index contributed by atoms with van der Waals surface area (Å²) in [6.07, 6.45) is 0. The molecule has 60 valence electrons. The SMILES string of the molecule is ClCC(Cl)c1ccccc1Cl. The first-order valence-electron chi connectivity index (χ1n) is 3.20. The van der Waals surface area contributed by atoms with Crippen molar-refractivity contribution in [2.75, 3.05) is 5.88 Å². The maximum Gasteiger partial charge on any atom is 0.0734 e. The molecule has 0 saturated carbocycles. The molecule has 0 radical (unpaired) electrons. The molecule has 0 aliphatic heterocycles. The van der Waals surface area contributed by atoms with Gasteiger partial charge in [0.1, 0.15) is 0 Å². The van der Waals surface area contributed by atoms with E-state index in [0.29, 0.717) is 10.9 Å². The Morgan fingerprint density at radius 2 is 1.91 bits per heavy atom. The summed E-state index contributed by atoms with van der Waals surface area (Å²) >= 11 is 17.3. The minimum atomic E-state index is -0.189. The first kappa shape index (κ1) is 9.18. The van der Waals surface area contributed by atoms with Crippen LogP contribution in [0.1, 0.15) is 10.9 Å². The summed E-state index contributed by atoms with van der Waals surface area (Å²) in [4.78, 5) is 0. The van der Waals surface area contributed by atoms with Gasteiger partial charge in [-0.3, -0.25) is 0 Å². The van der Waals surface area contributed by atoms with Crippen LogP contribution in [-0.4, -0.2) is 5.88 Å². The van der Waals surface area contributed by atoms with Crippen molar-refractivity contribution in [1.82, 2.24) is 0 Å². The van der Waals surface area contributed by atoms with Crippen molar-refractivity contribution in [1.29, 1.82) is 0 Å². The summed E-state index contributed by atoms with van der Waals surface area (Å²) < 4.78 is 0. The lowest BCUT2D eigenvalue weighted by atomic mass is 10.2. The molecule has 1 atom stereocenters. The minimum absolute atomic E-state index is 0.189. The Balaban J connectivity index is 2.93. The fourth-order valence-corrected chi connectivity index (χ4v) is 1.49. The van der Waals surface area contributed by atoms with Crippen molar-refractivity contribution in [3.05, 3.63) is 34.9 Å². The molecule has 0 aliphatic rings. The lowest BCUT2D eigenvalue weighted by molar-refractivity contribution is 1.09. The predicted octanol–water partition coefficient (Wildman–Crippen LogP) is 3.86. The van der Waals surface area contributed by atoms with Gasteiger partial charge in [-0.05, 0) is 11.6 Å². The monoisotopic (exact) mass is 208 g/mol. The van der Waals surface area contributed by atoms with Gasteiger partial charge in [0.15, 0.2) is 0 Å². The molecule has 1 rings (SSSR count). The average molecular weight is 210 g/mol. The average Bonchev–Trinajstić information content (AvgIpc) is 2.04. The lowest BCUT2D eigenvalue weighted by Crippen LogP contribution is -1.91. The molecule has 0 nitrogen and oxygen atoms in total. The maximum atomic E-state index is 5.88. The van der Waals surface area contributed by atoms with E-state index >= 15 is 0 Å². The number of hydrogen-bond donors (Lipinski definition) is 0. The standard InChI is InChI=1S/C8H7Cl3/c9-5-8(11)6-3-1-2-4-7(6)10/h1-4,8H,5H2. The maximum absolute atomic E-state index is 5.88. The second kappa shape index (κ2) is 4.20. The summed E-state index contributed by atoms with van der Waals surface area (Å²) in [7, 11) is 0. The van der Waals surface area contributed by atoms with Crippen LogP contribution in [0.5, 0.6) is 0 Å². The van der Waals surface area contributed by atoms with E-state index in [1.165, 1.54) is 0 Å². The molecule has 0 heterocycles. The smallest absolute Gasteiger partial charge is 0.0734 e. The molecule has 0 aliphatic carbocycles. The molecule has 3 heteroatoms. The van der Waals surface area contributed by atoms with E-state index in [2.05, 4.69) is 0 Å². The van der Waals surface area contributed by atoms with Gasteiger partial charge >= 0.3 is 0 Å². The Kier molecular flexibility index (Phi) is 3.50. The molecule has 11 heavy (non-hydrogen) atoms. The van der Waals surface area contributed by atoms with Gasteiger partial charge in [-0.25, -0.2) is 0 Å². The van der Waals surface area contributed by atoms with Gasteiger partial charge < -0.3 is 0 Å². The number of rotatable bonds is 2. The zero-order valence-corrected chi connectivity index (χ0v) is 8.00. The summed E-state index contributed by atoms with van der Waals surface area (Å²) in [5, 5.41) is 0.485. The van der Waals surface area contributed by atoms with Gasteiger partial charge in [-0.15, -0.1) is 23.2 Å². The van der Waals surface area contributed by atoms with E-state index in [1.807, 2.05) is 18.2 Å². The van der Waals surface area contributed by atoms with Crippen molar-refractivity contribution in [2.24, 2.45) is 0 Å². The number of alkyl halides is 2. The van der Waals surface area contributed by atoms with Crippen LogP contribution in [0.2, 0.25) is 5.02 Å². The fraction of sp³-hybridized carbons (Fsp3) is 0.250. The number of halogens is 3. The summed E-state index contributed by atoms with van der Waals surface area (Å²) in [6, 6.07) is 7.44. The Morgan fingerprint density at radius 3 is 2.45 bits per heavy atom. The van der Waals surface area contributed by atoms with Crippen molar-refractivity contribution in [2.45, 2.75) is 5.38 Å². The van der Waals surface area contributed by atoms with Gasteiger partial charge in [0.25, 0.3) is 0 Å². The van der Waals surface area contributed by atoms with E-state index in [0.717, 1.165) is 5.56 Å². The second-order valence-corrected chi connectivity index (χ2v) is 3.39. The van der Waals surface area contributed by atoms with Crippen LogP contribution in [0.25, 0.3) is 0 Å². The number of benzene rings is 1. The van der Waals surface area contributed by atoms with Crippen LogP contribution in [0, 0.1) is 0 Å². The van der Waals surface area contributed by atoms with Crippen LogP contribution in [0.4, 0.5) is 0 Å². The normalized spacial score (nSPS) is 13.0. The first-order chi connectivity index (χ1) is 5.25. The molecule has 0 bridgehead atoms. The quantitative estimate of drug-likeness (QED) is 0.649. The summed E-state index contributed by atoms with van der Waals surface area (Å²) in [5.41, 5.74) is 0.894. The second-order valence-electron chi connectivity index (χ2n) is 2.14. The largest absolute Gasteiger partial charge is 0.125 e. The Hall–Kier alpha value is 0.0900. The van der Waals surface area contributed by atoms with Crippen molar-refractivity contribution in [3.8, 4) is 0 Å². The lowest BCUT2D eigenvalue weighted by Gasteiger charge is -2.06. The molecule has 0 fully saturated rings. The van der Waals surface area contributed by atoms with E-state index in [1.54, 1.807) is 6.07 Å².